The van der Waals surface area contributed by atoms with Crippen molar-refractivity contribution in [2.24, 2.45) is 0 Å². The highest BCUT2D eigenvalue weighted by Gasteiger charge is 2.27. The van der Waals surface area contributed by atoms with Gasteiger partial charge in [-0.25, -0.2) is 4.39 Å². The largest absolute Gasteiger partial charge is 0.508 e. The standard InChI is InChI=1S/C78H68Cl2FN3O9S3/c1-2-82-39-7-10-49-17-30-57(31-18-49)93-75-64-38-35-59(48-69(64)96-78(75)72(88)61-14-4-6-16-66(61)81)90-45-43-84-41-9-12-51-21-32-56(33-22-51)92-74-63-37-34-58(47-68(63)95-77(74)71(87)60-13-3-5-15-65(60)80)89-44-42-83-40-8-11-50-19-28-55(29-20-50)91-73-62-36-27-54(85)46-67(62)94-76(73)70(86)52-23-25-53(79)26-24-52/h3-6,13-38,46-48,82-85H,2,7-12,39-45H2,1H3. The predicted octanol–water partition coefficient (Wildman–Crippen LogP) is 19.3. The molecular weight excluding hydrogens is 1310 g/mol. The highest BCUT2D eigenvalue weighted by molar-refractivity contribution is 7.22. The number of carbonyl (C=O) groups is 3. The number of phenols is 1. The van der Waals surface area contributed by atoms with Gasteiger partial charge in [0, 0.05) is 59.5 Å². The minimum Gasteiger partial charge on any atom is -0.508 e. The van der Waals surface area contributed by atoms with Crippen LogP contribution in [-0.2, 0) is 19.3 Å². The molecule has 0 saturated heterocycles. The number of rotatable bonds is 33. The van der Waals surface area contributed by atoms with Crippen molar-refractivity contribution in [2.45, 2.75) is 45.4 Å². The lowest BCUT2D eigenvalue weighted by Crippen LogP contribution is -2.22. The van der Waals surface area contributed by atoms with Crippen molar-refractivity contribution in [3.8, 4) is 51.7 Å². The first-order valence-electron chi connectivity index (χ1n) is 31.9. The number of thiophene rings is 3. The van der Waals surface area contributed by atoms with Crippen molar-refractivity contribution in [2.75, 3.05) is 52.5 Å². The van der Waals surface area contributed by atoms with E-state index in [1.807, 2.05) is 109 Å². The van der Waals surface area contributed by atoms with Crippen LogP contribution in [0.2, 0.25) is 10.0 Å². The van der Waals surface area contributed by atoms with Gasteiger partial charge in [0.25, 0.3) is 0 Å². The SMILES string of the molecule is CCNCCCc1ccc(Oc2c(C(=O)c3ccccc3F)sc3cc(OCCNCCCc4ccc(Oc5c(C(=O)c6ccccc6Cl)sc6cc(OCCNCCCc7ccc(Oc8c(C(=O)c9ccc(Cl)cc9)sc9cc(O)ccc89)cc7)ccc56)cc4)ccc23)cc1. The van der Waals surface area contributed by atoms with Crippen molar-refractivity contribution in [3.05, 3.63) is 264 Å². The first kappa shape index (κ1) is 67.1. The molecule has 12 aromatic rings. The van der Waals surface area contributed by atoms with E-state index in [-0.39, 0.29) is 22.9 Å². The fraction of sp³-hybridized carbons (Fsp3) is 0.192. The maximum Gasteiger partial charge on any atom is 0.209 e. The van der Waals surface area contributed by atoms with Gasteiger partial charge in [0.15, 0.2) is 17.2 Å². The number of halogens is 3. The summed E-state index contributed by atoms with van der Waals surface area (Å²) in [6.45, 7) is 7.62. The first-order valence-corrected chi connectivity index (χ1v) is 35.1. The van der Waals surface area contributed by atoms with Gasteiger partial charge in [-0.1, -0.05) is 90.8 Å². The summed E-state index contributed by atoms with van der Waals surface area (Å²) >= 11 is 16.6. The minimum absolute atomic E-state index is 0.0137. The van der Waals surface area contributed by atoms with Gasteiger partial charge in [-0.05, 0) is 221 Å². The Labute approximate surface area is 578 Å². The molecule has 488 valence electrons. The Morgan fingerprint density at radius 1 is 0.438 bits per heavy atom. The summed E-state index contributed by atoms with van der Waals surface area (Å²) in [6.07, 6.45) is 5.40. The summed E-state index contributed by atoms with van der Waals surface area (Å²) in [7, 11) is 0. The van der Waals surface area contributed by atoms with E-state index in [0.717, 1.165) is 106 Å². The number of aryl methyl sites for hydroxylation is 3. The average molecular weight is 1380 g/mol. The van der Waals surface area contributed by atoms with E-state index in [1.165, 1.54) is 51.7 Å². The van der Waals surface area contributed by atoms with Crippen molar-refractivity contribution in [1.29, 1.82) is 0 Å². The maximum atomic E-state index is 15.0. The zero-order valence-electron chi connectivity index (χ0n) is 52.5. The summed E-state index contributed by atoms with van der Waals surface area (Å²) in [5, 5.41) is 23.7. The van der Waals surface area contributed by atoms with Gasteiger partial charge in [-0.2, -0.15) is 0 Å². The van der Waals surface area contributed by atoms with Crippen LogP contribution in [-0.4, -0.2) is 74.9 Å². The van der Waals surface area contributed by atoms with E-state index < -0.39 is 11.6 Å². The van der Waals surface area contributed by atoms with Crippen LogP contribution < -0.4 is 39.6 Å². The molecule has 0 unspecified atom stereocenters. The Bertz CT molecular complexity index is 4690. The number of hydrogen-bond acceptors (Lipinski definition) is 15. The molecule has 3 aromatic heterocycles. The van der Waals surface area contributed by atoms with Crippen LogP contribution in [0.15, 0.2) is 200 Å². The van der Waals surface area contributed by atoms with Crippen LogP contribution in [0.1, 0.15) is 88.6 Å². The smallest absolute Gasteiger partial charge is 0.209 e. The van der Waals surface area contributed by atoms with E-state index in [4.69, 9.17) is 46.9 Å². The van der Waals surface area contributed by atoms with Gasteiger partial charge in [-0.3, -0.25) is 14.4 Å². The molecule has 0 aliphatic rings. The summed E-state index contributed by atoms with van der Waals surface area (Å²) in [5.74, 6) is 3.07. The Hall–Kier alpha value is -8.94. The monoisotopic (exact) mass is 1380 g/mol. The molecule has 0 aliphatic carbocycles. The number of phenolic OH excluding ortho intramolecular Hbond substituents is 1. The Morgan fingerprint density at radius 2 is 0.844 bits per heavy atom. The van der Waals surface area contributed by atoms with E-state index in [1.54, 1.807) is 78.9 Å². The van der Waals surface area contributed by atoms with E-state index in [2.05, 4.69) is 22.9 Å². The second-order valence-electron chi connectivity index (χ2n) is 22.8. The van der Waals surface area contributed by atoms with Gasteiger partial charge in [-0.15, -0.1) is 34.0 Å². The summed E-state index contributed by atoms with van der Waals surface area (Å²) in [6, 6.07) is 59.9. The van der Waals surface area contributed by atoms with E-state index in [0.29, 0.717) is 108 Å². The van der Waals surface area contributed by atoms with Crippen molar-refractivity contribution >= 4 is 105 Å². The van der Waals surface area contributed by atoms with Gasteiger partial charge >= 0.3 is 0 Å². The maximum absolute atomic E-state index is 15.0. The molecule has 0 amide bonds. The van der Waals surface area contributed by atoms with Gasteiger partial charge in [0.1, 0.15) is 68.2 Å². The molecule has 0 saturated carbocycles. The lowest BCUT2D eigenvalue weighted by Gasteiger charge is -2.11. The molecule has 96 heavy (non-hydrogen) atoms. The fourth-order valence-electron chi connectivity index (χ4n) is 11.1. The van der Waals surface area contributed by atoms with Gasteiger partial charge in [0.05, 0.1) is 10.6 Å². The average Bonchev–Trinajstić information content (AvgIpc) is 1.64. The zero-order chi connectivity index (χ0) is 66.3. The molecule has 0 aliphatic heterocycles. The molecule has 0 fully saturated rings. The molecular formula is C78H68Cl2FN3O9S3. The molecule has 0 atom stereocenters. The third-order valence-corrected chi connectivity index (χ3v) is 20.0. The van der Waals surface area contributed by atoms with Crippen LogP contribution in [0.4, 0.5) is 4.39 Å². The third kappa shape index (κ3) is 16.6. The lowest BCUT2D eigenvalue weighted by atomic mass is 10.1. The Balaban J connectivity index is 0.604. The normalized spacial score (nSPS) is 11.4. The topological polar surface area (TPSA) is 154 Å². The quantitative estimate of drug-likeness (QED) is 0.0229. The third-order valence-electron chi connectivity index (χ3n) is 16.1. The van der Waals surface area contributed by atoms with Crippen LogP contribution in [0, 0.1) is 5.82 Å². The molecule has 12 nitrogen and oxygen atoms in total. The van der Waals surface area contributed by atoms with Crippen LogP contribution in [0.5, 0.6) is 51.7 Å². The van der Waals surface area contributed by atoms with Crippen LogP contribution in [0.25, 0.3) is 30.3 Å². The molecule has 0 spiro atoms. The fourth-order valence-corrected chi connectivity index (χ4v) is 14.8. The second kappa shape index (κ2) is 32.2. The van der Waals surface area contributed by atoms with Gasteiger partial charge in [0.2, 0.25) is 17.3 Å². The number of fused-ring (bicyclic) bond motifs is 3. The Kier molecular flexibility index (Phi) is 22.5. The zero-order valence-corrected chi connectivity index (χ0v) is 56.5. The number of ether oxygens (including phenoxy) is 5. The van der Waals surface area contributed by atoms with Crippen molar-refractivity contribution < 1.29 is 47.6 Å². The number of hydrogen-bond donors (Lipinski definition) is 4. The predicted molar refractivity (Wildman–Crippen MR) is 387 cm³/mol. The Morgan fingerprint density at radius 3 is 1.31 bits per heavy atom. The van der Waals surface area contributed by atoms with E-state index >= 15 is 0 Å². The van der Waals surface area contributed by atoms with E-state index in [9.17, 15) is 23.9 Å². The van der Waals surface area contributed by atoms with Gasteiger partial charge < -0.3 is 44.7 Å². The van der Waals surface area contributed by atoms with Crippen molar-refractivity contribution in [1.82, 2.24) is 16.0 Å². The van der Waals surface area contributed by atoms with Crippen molar-refractivity contribution in [3.63, 3.8) is 0 Å². The molecule has 4 N–H and O–H groups in total. The number of aromatic hydroxyl groups is 1. The second-order valence-corrected chi connectivity index (χ2v) is 26.8. The van der Waals surface area contributed by atoms with Crippen LogP contribution in [0.3, 0.4) is 0 Å². The highest BCUT2D eigenvalue weighted by Crippen LogP contribution is 2.46. The molecule has 0 radical (unpaired) electrons. The number of nitrogens with one attached hydrogen (secondary N) is 3. The molecule has 12 rings (SSSR count). The highest BCUT2D eigenvalue weighted by atomic mass is 35.5. The minimum atomic E-state index is -0.587. The summed E-state index contributed by atoms with van der Waals surface area (Å²) < 4.78 is 49.2. The van der Waals surface area contributed by atoms with Crippen LogP contribution >= 0.6 is 57.2 Å². The molecule has 0 bridgehead atoms. The molecule has 9 aromatic carbocycles. The molecule has 3 heterocycles. The summed E-state index contributed by atoms with van der Waals surface area (Å²) in [5.41, 5.74) is 4.34. The number of benzene rings is 9. The number of ketones is 3. The number of carbonyl (C=O) groups excluding carboxylic acids is 3. The molecule has 18 heteroatoms. The summed E-state index contributed by atoms with van der Waals surface area (Å²) in [4.78, 5) is 43.0. The lowest BCUT2D eigenvalue weighted by molar-refractivity contribution is 0.103. The first-order chi connectivity index (χ1) is 46.9.